The summed E-state index contributed by atoms with van der Waals surface area (Å²) < 4.78 is 9.21. The van der Waals surface area contributed by atoms with Crippen molar-refractivity contribution < 1.29 is 4.74 Å². The summed E-state index contributed by atoms with van der Waals surface area (Å²) in [5, 5.41) is 4.03. The van der Waals surface area contributed by atoms with E-state index in [1.807, 2.05) is 6.07 Å². The van der Waals surface area contributed by atoms with Gasteiger partial charge in [0.15, 0.2) is 0 Å². The monoisotopic (exact) mass is 280 g/mol. The summed E-state index contributed by atoms with van der Waals surface area (Å²) in [5.74, 6) is 0.804. The summed E-state index contributed by atoms with van der Waals surface area (Å²) in [6, 6.07) is 3.35. The van der Waals surface area contributed by atoms with Crippen molar-refractivity contribution in [1.29, 1.82) is 0 Å². The predicted octanol–water partition coefficient (Wildman–Crippen LogP) is 1.07. The smallest absolute Gasteiger partial charge is 0.247 e. The Kier molecular flexibility index (Phi) is 5.05. The zero-order valence-corrected chi connectivity index (χ0v) is 11.5. The lowest BCUT2D eigenvalue weighted by Gasteiger charge is -2.01. The maximum Gasteiger partial charge on any atom is 0.247 e. The number of aromatic nitrogens is 3. The third kappa shape index (κ3) is 4.46. The first-order chi connectivity index (χ1) is 9.28. The van der Waals surface area contributed by atoms with Crippen molar-refractivity contribution in [3.63, 3.8) is 0 Å². The van der Waals surface area contributed by atoms with E-state index in [0.29, 0.717) is 6.61 Å². The molecule has 0 bridgehead atoms. The van der Waals surface area contributed by atoms with Gasteiger partial charge in [-0.1, -0.05) is 6.07 Å². The molecule has 0 saturated heterocycles. The van der Waals surface area contributed by atoms with Gasteiger partial charge >= 0.3 is 0 Å². The number of nitrogens with zero attached hydrogens (tertiary/aromatic N) is 2. The van der Waals surface area contributed by atoms with Gasteiger partial charge in [0, 0.05) is 43.9 Å². The molecule has 0 spiro atoms. The molecule has 2 heterocycles. The molecule has 2 aromatic heterocycles. The van der Waals surface area contributed by atoms with Crippen LogP contribution in [-0.2, 0) is 17.6 Å². The second-order valence-electron chi connectivity index (χ2n) is 4.00. The molecule has 0 radical (unpaired) electrons. The molecule has 2 N–H and O–H groups in total. The van der Waals surface area contributed by atoms with Crippen LogP contribution in [0.25, 0.3) is 0 Å². The SMILES string of the molecule is COCCc1nsc(NCCc2ccc(=O)[nH]c2)n1. The molecule has 0 aliphatic rings. The first kappa shape index (κ1) is 13.7. The minimum absolute atomic E-state index is 0.0800. The van der Waals surface area contributed by atoms with Gasteiger partial charge < -0.3 is 15.0 Å². The molecule has 102 valence electrons. The zero-order chi connectivity index (χ0) is 13.5. The number of hydrogen-bond acceptors (Lipinski definition) is 6. The molecule has 7 heteroatoms. The molecule has 0 fully saturated rings. The van der Waals surface area contributed by atoms with Crippen molar-refractivity contribution in [2.24, 2.45) is 0 Å². The van der Waals surface area contributed by atoms with Crippen molar-refractivity contribution in [2.45, 2.75) is 12.8 Å². The highest BCUT2D eigenvalue weighted by Crippen LogP contribution is 2.11. The molecular formula is C12H16N4O2S. The van der Waals surface area contributed by atoms with Crippen LogP contribution in [0.5, 0.6) is 0 Å². The van der Waals surface area contributed by atoms with Crippen molar-refractivity contribution in [1.82, 2.24) is 14.3 Å². The maximum atomic E-state index is 10.9. The standard InChI is InChI=1S/C12H16N4O2S/c1-18-7-5-10-15-12(19-16-10)13-6-4-9-2-3-11(17)14-8-9/h2-3,8H,4-7H2,1H3,(H,14,17)(H,13,15,16). The van der Waals surface area contributed by atoms with Crippen LogP contribution in [0.15, 0.2) is 23.1 Å². The molecule has 0 atom stereocenters. The fourth-order valence-corrected chi connectivity index (χ4v) is 2.17. The maximum absolute atomic E-state index is 10.9. The van der Waals surface area contributed by atoms with Crippen LogP contribution < -0.4 is 10.9 Å². The topological polar surface area (TPSA) is 79.9 Å². The summed E-state index contributed by atoms with van der Waals surface area (Å²) in [6.07, 6.45) is 3.28. The average molecular weight is 280 g/mol. The summed E-state index contributed by atoms with van der Waals surface area (Å²) in [5.41, 5.74) is 1.000. The van der Waals surface area contributed by atoms with Crippen LogP contribution in [0.1, 0.15) is 11.4 Å². The molecule has 2 aromatic rings. The number of ether oxygens (including phenoxy) is 1. The molecular weight excluding hydrogens is 264 g/mol. The van der Waals surface area contributed by atoms with Gasteiger partial charge in [0.1, 0.15) is 5.82 Å². The lowest BCUT2D eigenvalue weighted by atomic mass is 10.2. The molecule has 0 aliphatic heterocycles. The van der Waals surface area contributed by atoms with E-state index in [0.717, 1.165) is 35.9 Å². The van der Waals surface area contributed by atoms with Crippen LogP contribution in [0.3, 0.4) is 0 Å². The van der Waals surface area contributed by atoms with Crippen LogP contribution in [0.2, 0.25) is 0 Å². The Morgan fingerprint density at radius 3 is 3.05 bits per heavy atom. The van der Waals surface area contributed by atoms with Crippen molar-refractivity contribution in [3.05, 3.63) is 40.1 Å². The first-order valence-electron chi connectivity index (χ1n) is 6.01. The van der Waals surface area contributed by atoms with Gasteiger partial charge in [-0.05, 0) is 12.0 Å². The van der Waals surface area contributed by atoms with Crippen LogP contribution in [0.4, 0.5) is 5.13 Å². The molecule has 19 heavy (non-hydrogen) atoms. The second kappa shape index (κ2) is 7.01. The van der Waals surface area contributed by atoms with Gasteiger partial charge in [-0.2, -0.15) is 4.37 Å². The molecule has 6 nitrogen and oxygen atoms in total. The Morgan fingerprint density at radius 2 is 2.32 bits per heavy atom. The third-order valence-corrected chi connectivity index (χ3v) is 3.25. The highest BCUT2D eigenvalue weighted by Gasteiger charge is 2.03. The molecule has 2 rings (SSSR count). The Labute approximate surface area is 115 Å². The largest absolute Gasteiger partial charge is 0.384 e. The molecule has 0 aromatic carbocycles. The highest BCUT2D eigenvalue weighted by atomic mass is 32.1. The summed E-state index contributed by atoms with van der Waals surface area (Å²) in [7, 11) is 1.66. The number of H-pyrrole nitrogens is 1. The highest BCUT2D eigenvalue weighted by molar-refractivity contribution is 7.09. The number of nitrogens with one attached hydrogen (secondary N) is 2. The van der Waals surface area contributed by atoms with E-state index in [1.165, 1.54) is 17.6 Å². The van der Waals surface area contributed by atoms with E-state index in [4.69, 9.17) is 4.74 Å². The average Bonchev–Trinajstić information content (AvgIpc) is 2.87. The number of pyridine rings is 1. The lowest BCUT2D eigenvalue weighted by Crippen LogP contribution is -2.08. The molecule has 0 saturated carbocycles. The Morgan fingerprint density at radius 1 is 1.42 bits per heavy atom. The number of rotatable bonds is 7. The van der Waals surface area contributed by atoms with Crippen molar-refractivity contribution in [3.8, 4) is 0 Å². The van der Waals surface area contributed by atoms with Crippen molar-refractivity contribution >= 4 is 16.7 Å². The van der Waals surface area contributed by atoms with Crippen LogP contribution in [-0.4, -0.2) is 34.6 Å². The lowest BCUT2D eigenvalue weighted by molar-refractivity contribution is 0.201. The minimum Gasteiger partial charge on any atom is -0.384 e. The molecule has 0 aliphatic carbocycles. The zero-order valence-electron chi connectivity index (χ0n) is 10.7. The van der Waals surface area contributed by atoms with E-state index in [9.17, 15) is 4.79 Å². The Bertz CT molecular complexity index is 546. The van der Waals surface area contributed by atoms with E-state index in [2.05, 4.69) is 19.7 Å². The molecule has 0 unspecified atom stereocenters. The Balaban J connectivity index is 1.77. The fraction of sp³-hybridized carbons (Fsp3) is 0.417. The number of hydrogen-bond donors (Lipinski definition) is 2. The summed E-state index contributed by atoms with van der Waals surface area (Å²) in [6.45, 7) is 1.39. The number of aromatic amines is 1. The van der Waals surface area contributed by atoms with E-state index >= 15 is 0 Å². The van der Waals surface area contributed by atoms with E-state index in [-0.39, 0.29) is 5.56 Å². The van der Waals surface area contributed by atoms with E-state index < -0.39 is 0 Å². The quantitative estimate of drug-likeness (QED) is 0.793. The third-order valence-electron chi connectivity index (χ3n) is 2.54. The summed E-state index contributed by atoms with van der Waals surface area (Å²) >= 11 is 1.35. The van der Waals surface area contributed by atoms with Crippen LogP contribution >= 0.6 is 11.5 Å². The number of methoxy groups -OCH3 is 1. The Hall–Kier alpha value is -1.73. The van der Waals surface area contributed by atoms with E-state index in [1.54, 1.807) is 13.3 Å². The van der Waals surface area contributed by atoms with Crippen molar-refractivity contribution in [2.75, 3.05) is 25.6 Å². The molecule has 0 amide bonds. The van der Waals surface area contributed by atoms with Gasteiger partial charge in [0.05, 0.1) is 6.61 Å². The van der Waals surface area contributed by atoms with Gasteiger partial charge in [-0.25, -0.2) is 4.98 Å². The van der Waals surface area contributed by atoms with Gasteiger partial charge in [0.2, 0.25) is 10.7 Å². The van der Waals surface area contributed by atoms with Crippen LogP contribution in [0, 0.1) is 0 Å². The predicted molar refractivity (Wildman–Crippen MR) is 74.7 cm³/mol. The van der Waals surface area contributed by atoms with Gasteiger partial charge in [-0.15, -0.1) is 0 Å². The minimum atomic E-state index is -0.0800. The second-order valence-corrected chi connectivity index (χ2v) is 4.75. The van der Waals surface area contributed by atoms with Gasteiger partial charge in [0.25, 0.3) is 0 Å². The number of anilines is 1. The summed E-state index contributed by atoms with van der Waals surface area (Å²) in [4.78, 5) is 17.9. The normalized spacial score (nSPS) is 10.6. The fourth-order valence-electron chi connectivity index (χ4n) is 1.53. The van der Waals surface area contributed by atoms with Gasteiger partial charge in [-0.3, -0.25) is 4.79 Å². The first-order valence-corrected chi connectivity index (χ1v) is 6.78.